The molecule has 2 heterocycles. The van der Waals surface area contributed by atoms with Crippen LogP contribution >= 0.6 is 0 Å². The van der Waals surface area contributed by atoms with Crippen molar-refractivity contribution >= 4 is 23.5 Å². The number of nitro groups is 1. The normalized spacial score (nSPS) is 19.4. The van der Waals surface area contributed by atoms with Gasteiger partial charge in [-0.15, -0.1) is 0 Å². The Morgan fingerprint density at radius 2 is 1.96 bits per heavy atom. The Hall–Kier alpha value is -2.97. The summed E-state index contributed by atoms with van der Waals surface area (Å²) in [5, 5.41) is 15.6. The van der Waals surface area contributed by atoms with Crippen molar-refractivity contribution < 1.29 is 19.3 Å². The average molecular weight is 318 g/mol. The molecular weight excluding hydrogens is 304 g/mol. The molecule has 2 fully saturated rings. The number of hydrogen-bond acceptors (Lipinski definition) is 5. The predicted molar refractivity (Wildman–Crippen MR) is 77.6 cm³/mol. The first-order chi connectivity index (χ1) is 10.9. The van der Waals surface area contributed by atoms with E-state index in [0.29, 0.717) is 12.8 Å². The second-order valence-electron chi connectivity index (χ2n) is 5.59. The van der Waals surface area contributed by atoms with Crippen LogP contribution in [0, 0.1) is 10.1 Å². The molecule has 0 aliphatic carbocycles. The number of nitrogens with one attached hydrogen (secondary N) is 2. The minimum absolute atomic E-state index is 0.147. The number of rotatable bonds is 2. The van der Waals surface area contributed by atoms with E-state index < -0.39 is 16.5 Å². The van der Waals surface area contributed by atoms with Crippen LogP contribution in [0.3, 0.4) is 0 Å². The SMILES string of the molecule is O=C1NC(=O)C2(CCN(C(=O)c3cccc([N+](=O)[O-])c3)CC2)N1. The Morgan fingerprint density at radius 3 is 2.52 bits per heavy atom. The van der Waals surface area contributed by atoms with Crippen LogP contribution in [0.4, 0.5) is 10.5 Å². The first kappa shape index (κ1) is 14.9. The van der Waals surface area contributed by atoms with Gasteiger partial charge in [0.05, 0.1) is 4.92 Å². The van der Waals surface area contributed by atoms with Gasteiger partial charge in [0, 0.05) is 30.8 Å². The molecule has 2 saturated heterocycles. The summed E-state index contributed by atoms with van der Waals surface area (Å²) in [6.07, 6.45) is 0.622. The van der Waals surface area contributed by atoms with E-state index in [1.807, 2.05) is 0 Å². The lowest BCUT2D eigenvalue weighted by Crippen LogP contribution is -2.55. The summed E-state index contributed by atoms with van der Waals surface area (Å²) in [5.41, 5.74) is -0.863. The minimum atomic E-state index is -0.948. The van der Waals surface area contributed by atoms with Gasteiger partial charge in [0.1, 0.15) is 5.54 Å². The zero-order valence-electron chi connectivity index (χ0n) is 12.1. The van der Waals surface area contributed by atoms with Crippen LogP contribution in [0.1, 0.15) is 23.2 Å². The predicted octanol–water partition coefficient (Wildman–Crippen LogP) is 0.409. The van der Waals surface area contributed by atoms with Crippen LogP contribution in [-0.4, -0.2) is 46.3 Å². The van der Waals surface area contributed by atoms with E-state index in [2.05, 4.69) is 10.6 Å². The maximum atomic E-state index is 12.4. The largest absolute Gasteiger partial charge is 0.338 e. The summed E-state index contributed by atoms with van der Waals surface area (Å²) < 4.78 is 0. The van der Waals surface area contributed by atoms with Crippen LogP contribution in [0.25, 0.3) is 0 Å². The maximum Gasteiger partial charge on any atom is 0.322 e. The van der Waals surface area contributed by atoms with E-state index in [-0.39, 0.29) is 36.2 Å². The van der Waals surface area contributed by atoms with Crippen LogP contribution in [0.2, 0.25) is 0 Å². The fourth-order valence-corrected chi connectivity index (χ4v) is 2.91. The highest BCUT2D eigenvalue weighted by Crippen LogP contribution is 2.26. The first-order valence-electron chi connectivity index (χ1n) is 7.09. The minimum Gasteiger partial charge on any atom is -0.338 e. The van der Waals surface area contributed by atoms with Crippen LogP contribution in [0.15, 0.2) is 24.3 Å². The molecule has 120 valence electrons. The summed E-state index contributed by atoms with van der Waals surface area (Å²) in [4.78, 5) is 47.3. The number of nitro benzene ring substituents is 1. The third kappa shape index (κ3) is 2.60. The highest BCUT2D eigenvalue weighted by molar-refractivity contribution is 6.07. The number of benzene rings is 1. The van der Waals surface area contributed by atoms with E-state index >= 15 is 0 Å². The number of amides is 4. The smallest absolute Gasteiger partial charge is 0.322 e. The number of carbonyl (C=O) groups is 3. The van der Waals surface area contributed by atoms with Crippen molar-refractivity contribution in [1.29, 1.82) is 0 Å². The Morgan fingerprint density at radius 1 is 1.26 bits per heavy atom. The van der Waals surface area contributed by atoms with Crippen molar-refractivity contribution in [1.82, 2.24) is 15.5 Å². The Balaban J connectivity index is 1.71. The number of likely N-dealkylation sites (tertiary alicyclic amines) is 1. The van der Waals surface area contributed by atoms with Gasteiger partial charge in [-0.3, -0.25) is 25.0 Å². The lowest BCUT2D eigenvalue weighted by Gasteiger charge is -2.36. The van der Waals surface area contributed by atoms with Crippen molar-refractivity contribution in [3.8, 4) is 0 Å². The molecule has 0 aromatic heterocycles. The van der Waals surface area contributed by atoms with Gasteiger partial charge in [-0.1, -0.05) is 6.07 Å². The van der Waals surface area contributed by atoms with Gasteiger partial charge in [-0.25, -0.2) is 4.79 Å². The topological polar surface area (TPSA) is 122 Å². The molecular formula is C14H14N4O5. The lowest BCUT2D eigenvalue weighted by atomic mass is 9.87. The fraction of sp³-hybridized carbons (Fsp3) is 0.357. The molecule has 23 heavy (non-hydrogen) atoms. The second-order valence-corrected chi connectivity index (χ2v) is 5.59. The van der Waals surface area contributed by atoms with Gasteiger partial charge in [0.25, 0.3) is 17.5 Å². The molecule has 2 N–H and O–H groups in total. The van der Waals surface area contributed by atoms with Gasteiger partial charge < -0.3 is 10.2 Å². The van der Waals surface area contributed by atoms with Crippen LogP contribution in [0.5, 0.6) is 0 Å². The molecule has 0 saturated carbocycles. The summed E-state index contributed by atoms with van der Waals surface area (Å²) in [5.74, 6) is -0.696. The molecule has 0 unspecified atom stereocenters. The van der Waals surface area contributed by atoms with E-state index in [4.69, 9.17) is 0 Å². The Kier molecular flexibility index (Phi) is 3.47. The van der Waals surface area contributed by atoms with Crippen molar-refractivity contribution in [2.75, 3.05) is 13.1 Å². The third-order valence-corrected chi connectivity index (χ3v) is 4.22. The number of nitrogens with zero attached hydrogens (tertiary/aromatic N) is 2. The molecule has 2 aliphatic rings. The van der Waals surface area contributed by atoms with Gasteiger partial charge >= 0.3 is 6.03 Å². The number of urea groups is 1. The number of piperidine rings is 1. The zero-order chi connectivity index (χ0) is 16.6. The Bertz CT molecular complexity index is 709. The molecule has 4 amide bonds. The molecule has 9 heteroatoms. The molecule has 0 atom stereocenters. The van der Waals surface area contributed by atoms with Crippen molar-refractivity contribution in [2.45, 2.75) is 18.4 Å². The molecule has 1 aromatic rings. The van der Waals surface area contributed by atoms with Gasteiger partial charge in [0.2, 0.25) is 0 Å². The molecule has 1 spiro atoms. The molecule has 3 rings (SSSR count). The maximum absolute atomic E-state index is 12.4. The monoisotopic (exact) mass is 318 g/mol. The highest BCUT2D eigenvalue weighted by Gasteiger charge is 2.48. The number of hydrogen-bond donors (Lipinski definition) is 2. The molecule has 0 radical (unpaired) electrons. The molecule has 9 nitrogen and oxygen atoms in total. The molecule has 2 aliphatic heterocycles. The average Bonchev–Trinajstić information content (AvgIpc) is 2.81. The van der Waals surface area contributed by atoms with Gasteiger partial charge in [0.15, 0.2) is 0 Å². The van der Waals surface area contributed by atoms with Crippen molar-refractivity contribution in [3.05, 3.63) is 39.9 Å². The Labute approximate surface area is 130 Å². The second kappa shape index (κ2) is 5.34. The number of imide groups is 1. The quantitative estimate of drug-likeness (QED) is 0.464. The first-order valence-corrected chi connectivity index (χ1v) is 7.09. The lowest BCUT2D eigenvalue weighted by molar-refractivity contribution is -0.384. The van der Waals surface area contributed by atoms with E-state index in [1.54, 1.807) is 0 Å². The van der Waals surface area contributed by atoms with Gasteiger partial charge in [-0.05, 0) is 18.9 Å². The highest BCUT2D eigenvalue weighted by atomic mass is 16.6. The van der Waals surface area contributed by atoms with Gasteiger partial charge in [-0.2, -0.15) is 0 Å². The summed E-state index contributed by atoms with van der Waals surface area (Å²) in [6, 6.07) is 5.01. The standard InChI is InChI=1S/C14H14N4O5/c19-11(9-2-1-3-10(8-9)18(22)23)17-6-4-14(5-7-17)12(20)15-13(21)16-14/h1-3,8H,4-7H2,(H2,15,16,20,21). The molecule has 1 aromatic carbocycles. The zero-order valence-corrected chi connectivity index (χ0v) is 12.1. The summed E-state index contributed by atoms with van der Waals surface area (Å²) in [6.45, 7) is 0.574. The number of carbonyl (C=O) groups excluding carboxylic acids is 3. The van der Waals surface area contributed by atoms with Crippen molar-refractivity contribution in [2.24, 2.45) is 0 Å². The number of non-ortho nitro benzene ring substituents is 1. The summed E-state index contributed by atoms with van der Waals surface area (Å²) in [7, 11) is 0. The third-order valence-electron chi connectivity index (χ3n) is 4.22. The van der Waals surface area contributed by atoms with Crippen LogP contribution < -0.4 is 10.6 Å². The summed E-state index contributed by atoms with van der Waals surface area (Å²) >= 11 is 0. The van der Waals surface area contributed by atoms with E-state index in [0.717, 1.165) is 0 Å². The van der Waals surface area contributed by atoms with E-state index in [9.17, 15) is 24.5 Å². The van der Waals surface area contributed by atoms with E-state index in [1.165, 1.54) is 29.2 Å². The fourth-order valence-electron chi connectivity index (χ4n) is 2.91. The van der Waals surface area contributed by atoms with Crippen molar-refractivity contribution in [3.63, 3.8) is 0 Å². The molecule has 0 bridgehead atoms. The van der Waals surface area contributed by atoms with Crippen LogP contribution in [-0.2, 0) is 4.79 Å².